The number of benzene rings is 1. The van der Waals surface area contributed by atoms with Crippen LogP contribution >= 0.6 is 11.8 Å². The molecule has 2 rings (SSSR count). The van der Waals surface area contributed by atoms with E-state index in [1.165, 1.54) is 22.5 Å². The van der Waals surface area contributed by atoms with E-state index in [-0.39, 0.29) is 15.4 Å². The maximum Gasteiger partial charge on any atom is 0.246 e. The van der Waals surface area contributed by atoms with Gasteiger partial charge in [0.1, 0.15) is 10.7 Å². The molecule has 0 spiro atoms. The lowest BCUT2D eigenvalue weighted by Gasteiger charge is -2.33. The maximum atomic E-state index is 13.6. The molecule has 2 atom stereocenters. The van der Waals surface area contributed by atoms with Gasteiger partial charge in [-0.15, -0.1) is 0 Å². The van der Waals surface area contributed by atoms with Gasteiger partial charge in [0.25, 0.3) is 0 Å². The highest BCUT2D eigenvalue weighted by atomic mass is 32.2. The highest BCUT2D eigenvalue weighted by Gasteiger charge is 2.33. The fraction of sp³-hybridized carbons (Fsp3) is 0.500. The van der Waals surface area contributed by atoms with Crippen LogP contribution in [0.2, 0.25) is 0 Å². The number of rotatable bonds is 2. The van der Waals surface area contributed by atoms with Gasteiger partial charge in [0.15, 0.2) is 0 Å². The largest absolute Gasteiger partial charge is 0.246 e. The Morgan fingerprint density at radius 3 is 2.33 bits per heavy atom. The SMILES string of the molecule is CC1CN(S(=O)(=O)c2ccccc2F)CC(C)S1. The summed E-state index contributed by atoms with van der Waals surface area (Å²) in [7, 11) is -3.71. The molecule has 6 heteroatoms. The van der Waals surface area contributed by atoms with Gasteiger partial charge in [0, 0.05) is 23.6 Å². The smallest absolute Gasteiger partial charge is 0.207 e. The highest BCUT2D eigenvalue weighted by molar-refractivity contribution is 8.00. The zero-order chi connectivity index (χ0) is 13.3. The van der Waals surface area contributed by atoms with Crippen LogP contribution in [0.1, 0.15) is 13.8 Å². The third-order valence-corrected chi connectivity index (χ3v) is 5.93. The molecule has 100 valence electrons. The average Bonchev–Trinajstić information content (AvgIpc) is 2.28. The summed E-state index contributed by atoms with van der Waals surface area (Å²) < 4.78 is 39.8. The zero-order valence-electron chi connectivity index (χ0n) is 10.3. The number of sulfonamides is 1. The van der Waals surface area contributed by atoms with E-state index >= 15 is 0 Å². The third kappa shape index (κ3) is 2.70. The Kier molecular flexibility index (Phi) is 3.99. The van der Waals surface area contributed by atoms with Gasteiger partial charge >= 0.3 is 0 Å². The number of hydrogen-bond donors (Lipinski definition) is 0. The van der Waals surface area contributed by atoms with Crippen molar-refractivity contribution in [2.45, 2.75) is 29.2 Å². The molecule has 0 radical (unpaired) electrons. The predicted molar refractivity (Wildman–Crippen MR) is 71.7 cm³/mol. The van der Waals surface area contributed by atoms with Crippen molar-refractivity contribution in [1.82, 2.24) is 4.31 Å². The van der Waals surface area contributed by atoms with Gasteiger partial charge in [-0.1, -0.05) is 26.0 Å². The van der Waals surface area contributed by atoms with Crippen molar-refractivity contribution >= 4 is 21.8 Å². The molecule has 3 nitrogen and oxygen atoms in total. The molecule has 0 bridgehead atoms. The van der Waals surface area contributed by atoms with Crippen molar-refractivity contribution in [3.63, 3.8) is 0 Å². The van der Waals surface area contributed by atoms with E-state index in [1.54, 1.807) is 17.8 Å². The standard InChI is InChI=1S/C12H16FNO2S2/c1-9-7-14(8-10(2)17-9)18(15,16)12-6-4-3-5-11(12)13/h3-6,9-10H,7-8H2,1-2H3. The number of halogens is 1. The molecule has 1 saturated heterocycles. The van der Waals surface area contributed by atoms with Crippen molar-refractivity contribution < 1.29 is 12.8 Å². The van der Waals surface area contributed by atoms with E-state index in [9.17, 15) is 12.8 Å². The second-order valence-electron chi connectivity index (χ2n) is 4.51. The minimum Gasteiger partial charge on any atom is -0.207 e. The molecule has 2 unspecified atom stereocenters. The minimum absolute atomic E-state index is 0.226. The van der Waals surface area contributed by atoms with Crippen LogP contribution in [-0.4, -0.2) is 36.3 Å². The van der Waals surface area contributed by atoms with E-state index in [4.69, 9.17) is 0 Å². The number of nitrogens with zero attached hydrogens (tertiary/aromatic N) is 1. The first-order valence-electron chi connectivity index (χ1n) is 5.81. The summed E-state index contributed by atoms with van der Waals surface area (Å²) in [5.41, 5.74) is 0. The Hall–Kier alpha value is -0.590. The molecule has 1 aromatic rings. The van der Waals surface area contributed by atoms with E-state index in [2.05, 4.69) is 0 Å². The first kappa shape index (κ1) is 13.8. The molecule has 0 amide bonds. The van der Waals surface area contributed by atoms with Gasteiger partial charge in [0.2, 0.25) is 10.0 Å². The fourth-order valence-electron chi connectivity index (χ4n) is 2.12. The molecule has 1 aromatic carbocycles. The van der Waals surface area contributed by atoms with Crippen LogP contribution in [0.25, 0.3) is 0 Å². The van der Waals surface area contributed by atoms with Gasteiger partial charge in [-0.05, 0) is 12.1 Å². The second kappa shape index (κ2) is 5.19. The molecule has 1 aliphatic heterocycles. The lowest BCUT2D eigenvalue weighted by atomic mass is 10.3. The number of thioether (sulfide) groups is 1. The summed E-state index contributed by atoms with van der Waals surface area (Å²) >= 11 is 1.76. The van der Waals surface area contributed by atoms with Crippen LogP contribution in [0.3, 0.4) is 0 Å². The Bertz CT molecular complexity index is 523. The molecular weight excluding hydrogens is 273 g/mol. The van der Waals surface area contributed by atoms with Crippen molar-refractivity contribution in [3.8, 4) is 0 Å². The summed E-state index contributed by atoms with van der Waals surface area (Å²) in [5, 5.41) is 0.464. The lowest BCUT2D eigenvalue weighted by Crippen LogP contribution is -2.44. The van der Waals surface area contributed by atoms with Crippen molar-refractivity contribution in [2.75, 3.05) is 13.1 Å². The molecule has 1 aliphatic rings. The van der Waals surface area contributed by atoms with Crippen LogP contribution < -0.4 is 0 Å². The van der Waals surface area contributed by atoms with Gasteiger partial charge in [-0.2, -0.15) is 16.1 Å². The predicted octanol–water partition coefficient (Wildman–Crippen LogP) is 2.34. The summed E-state index contributed by atoms with van der Waals surface area (Å²) in [5.74, 6) is -0.684. The fourth-order valence-corrected chi connectivity index (χ4v) is 5.32. The first-order chi connectivity index (χ1) is 8.41. The Morgan fingerprint density at radius 1 is 1.22 bits per heavy atom. The quantitative estimate of drug-likeness (QED) is 0.838. The Balaban J connectivity index is 2.34. The van der Waals surface area contributed by atoms with Crippen LogP contribution in [0.4, 0.5) is 4.39 Å². The van der Waals surface area contributed by atoms with Gasteiger partial charge < -0.3 is 0 Å². The summed E-state index contributed by atoms with van der Waals surface area (Å²) in [6.07, 6.45) is 0. The average molecular weight is 289 g/mol. The summed E-state index contributed by atoms with van der Waals surface area (Å²) in [6, 6.07) is 5.54. The van der Waals surface area contributed by atoms with Gasteiger partial charge in [0.05, 0.1) is 0 Å². The Labute approximate surface area is 111 Å². The molecule has 1 fully saturated rings. The number of hydrogen-bond acceptors (Lipinski definition) is 3. The van der Waals surface area contributed by atoms with Crippen LogP contribution in [-0.2, 0) is 10.0 Å². The molecule has 18 heavy (non-hydrogen) atoms. The minimum atomic E-state index is -3.71. The molecule has 1 heterocycles. The van der Waals surface area contributed by atoms with Crippen molar-refractivity contribution in [2.24, 2.45) is 0 Å². The topological polar surface area (TPSA) is 37.4 Å². The van der Waals surface area contributed by atoms with E-state index in [0.717, 1.165) is 0 Å². The Morgan fingerprint density at radius 2 is 1.78 bits per heavy atom. The molecular formula is C12H16FNO2S2. The van der Waals surface area contributed by atoms with E-state index in [1.807, 2.05) is 13.8 Å². The monoisotopic (exact) mass is 289 g/mol. The highest BCUT2D eigenvalue weighted by Crippen LogP contribution is 2.29. The molecule has 0 saturated carbocycles. The zero-order valence-corrected chi connectivity index (χ0v) is 12.0. The second-order valence-corrected chi connectivity index (χ2v) is 8.30. The normalized spacial score (nSPS) is 26.2. The molecule has 0 aliphatic carbocycles. The first-order valence-corrected chi connectivity index (χ1v) is 8.19. The molecule has 0 N–H and O–H groups in total. The van der Waals surface area contributed by atoms with Gasteiger partial charge in [-0.25, -0.2) is 12.8 Å². The van der Waals surface area contributed by atoms with E-state index < -0.39 is 15.8 Å². The van der Waals surface area contributed by atoms with Crippen molar-refractivity contribution in [1.29, 1.82) is 0 Å². The molecule has 0 aromatic heterocycles. The van der Waals surface area contributed by atoms with Crippen LogP contribution in [0.5, 0.6) is 0 Å². The third-order valence-electron chi connectivity index (χ3n) is 2.84. The maximum absolute atomic E-state index is 13.6. The van der Waals surface area contributed by atoms with Crippen molar-refractivity contribution in [3.05, 3.63) is 30.1 Å². The summed E-state index contributed by atoms with van der Waals surface area (Å²) in [4.78, 5) is -0.226. The van der Waals surface area contributed by atoms with Crippen LogP contribution in [0, 0.1) is 5.82 Å². The lowest BCUT2D eigenvalue weighted by molar-refractivity contribution is 0.401. The van der Waals surface area contributed by atoms with E-state index in [0.29, 0.717) is 13.1 Å². The van der Waals surface area contributed by atoms with Crippen LogP contribution in [0.15, 0.2) is 29.2 Å². The summed E-state index contributed by atoms with van der Waals surface area (Å²) in [6.45, 7) is 4.85. The van der Waals surface area contributed by atoms with Gasteiger partial charge in [-0.3, -0.25) is 0 Å².